The first-order valence-electron chi connectivity index (χ1n) is 10.8. The summed E-state index contributed by atoms with van der Waals surface area (Å²) in [5.74, 6) is 0.982. The fourth-order valence-corrected chi connectivity index (χ4v) is 6.42. The Labute approximate surface area is 193 Å². The topological polar surface area (TPSA) is 68.1 Å². The molecule has 2 aromatic rings. The Balaban J connectivity index is 1.36. The highest BCUT2D eigenvalue weighted by atomic mass is 127. The number of aryl methyl sites for hydroxylation is 2. The molecule has 2 aliphatic rings. The van der Waals surface area contributed by atoms with E-state index in [0.717, 1.165) is 46.6 Å². The maximum atomic E-state index is 11.0. The molecule has 164 valence electrons. The molecule has 0 saturated heterocycles. The molecule has 1 unspecified atom stereocenters. The molecule has 0 spiro atoms. The molecule has 1 aliphatic carbocycles. The Morgan fingerprint density at radius 1 is 1.26 bits per heavy atom. The number of carbonyl (C=O) groups is 1. The Morgan fingerprint density at radius 3 is 2.81 bits per heavy atom. The summed E-state index contributed by atoms with van der Waals surface area (Å²) in [6.45, 7) is 4.82. The summed E-state index contributed by atoms with van der Waals surface area (Å²) in [5.41, 5.74) is 4.73. The number of ether oxygens (including phenoxy) is 2. The zero-order chi connectivity index (χ0) is 21.8. The van der Waals surface area contributed by atoms with Gasteiger partial charge in [0.15, 0.2) is 0 Å². The number of rotatable bonds is 8. The molecule has 2 atom stereocenters. The molecule has 0 bridgehead atoms. The van der Waals surface area contributed by atoms with Crippen molar-refractivity contribution in [2.45, 2.75) is 55.9 Å². The van der Waals surface area contributed by atoms with Crippen LogP contribution in [-0.2, 0) is 22.4 Å². The number of nitrogens with zero attached hydrogens (tertiary/aromatic N) is 1. The third kappa shape index (κ3) is 5.53. The second-order valence-electron chi connectivity index (χ2n) is 7.93. The average molecular weight is 533 g/mol. The van der Waals surface area contributed by atoms with Crippen molar-refractivity contribution in [3.8, 4) is 5.75 Å². The number of alkyl halides is 1. The van der Waals surface area contributed by atoms with E-state index < -0.39 is 5.97 Å². The SMILES string of the molecule is CCc1ccc(C2=NC(CCOc3ccc4c(c3)CC[C@@H]4CC(=O)O)I=C(C)O2)cc1. The number of benzene rings is 2. The van der Waals surface area contributed by atoms with Crippen molar-refractivity contribution in [3.63, 3.8) is 0 Å². The van der Waals surface area contributed by atoms with Gasteiger partial charge in [-0.1, -0.05) is 45.9 Å². The van der Waals surface area contributed by atoms with Crippen LogP contribution in [0.1, 0.15) is 61.3 Å². The fourth-order valence-electron chi connectivity index (χ4n) is 4.12. The van der Waals surface area contributed by atoms with Gasteiger partial charge in [-0.25, -0.2) is 4.99 Å². The first-order chi connectivity index (χ1) is 15.0. The van der Waals surface area contributed by atoms with Gasteiger partial charge < -0.3 is 14.6 Å². The van der Waals surface area contributed by atoms with Crippen LogP contribution in [0.2, 0.25) is 0 Å². The molecule has 0 aromatic heterocycles. The van der Waals surface area contributed by atoms with Crippen LogP contribution in [0.4, 0.5) is 0 Å². The number of carboxylic acid groups (broad SMARTS) is 1. The molecular weight excluding hydrogens is 505 g/mol. The van der Waals surface area contributed by atoms with Gasteiger partial charge in [0.2, 0.25) is 5.90 Å². The molecule has 31 heavy (non-hydrogen) atoms. The number of aliphatic imine (C=N–C) groups is 1. The summed E-state index contributed by atoms with van der Waals surface area (Å²) in [5, 5.41) is 9.08. The minimum absolute atomic E-state index is 0.131. The average Bonchev–Trinajstić information content (AvgIpc) is 3.15. The maximum Gasteiger partial charge on any atom is 0.303 e. The highest BCUT2D eigenvalue weighted by Crippen LogP contribution is 2.37. The van der Waals surface area contributed by atoms with E-state index in [4.69, 9.17) is 19.6 Å². The zero-order valence-corrected chi connectivity index (χ0v) is 20.1. The van der Waals surface area contributed by atoms with E-state index in [9.17, 15) is 4.79 Å². The van der Waals surface area contributed by atoms with Gasteiger partial charge in [-0.05, 0) is 73.1 Å². The first-order valence-corrected chi connectivity index (χ1v) is 13.1. The zero-order valence-electron chi connectivity index (χ0n) is 17.9. The lowest BCUT2D eigenvalue weighted by atomic mass is 9.98. The van der Waals surface area contributed by atoms with Gasteiger partial charge in [0.1, 0.15) is 13.5 Å². The van der Waals surface area contributed by atoms with E-state index in [1.165, 1.54) is 16.7 Å². The highest BCUT2D eigenvalue weighted by molar-refractivity contribution is 14.2. The summed E-state index contributed by atoms with van der Waals surface area (Å²) in [4.78, 5) is 15.9. The molecule has 1 aliphatic heterocycles. The van der Waals surface area contributed by atoms with Crippen LogP contribution >= 0.6 is 20.7 Å². The van der Waals surface area contributed by atoms with Crippen LogP contribution in [0, 0.1) is 0 Å². The second kappa shape index (κ2) is 9.94. The van der Waals surface area contributed by atoms with Gasteiger partial charge in [-0.3, -0.25) is 4.79 Å². The lowest BCUT2D eigenvalue weighted by Gasteiger charge is -2.19. The summed E-state index contributed by atoms with van der Waals surface area (Å²) < 4.78 is 13.3. The van der Waals surface area contributed by atoms with Crippen LogP contribution < -0.4 is 4.74 Å². The Bertz CT molecular complexity index is 1010. The number of hydrogen-bond donors (Lipinski definition) is 1. The van der Waals surface area contributed by atoms with Crippen molar-refractivity contribution >= 4 is 36.3 Å². The Hall–Kier alpha value is -2.22. The minimum atomic E-state index is -0.730. The van der Waals surface area contributed by atoms with Crippen molar-refractivity contribution in [1.29, 1.82) is 0 Å². The van der Waals surface area contributed by atoms with Crippen molar-refractivity contribution in [2.75, 3.05) is 6.61 Å². The number of halogens is 1. The smallest absolute Gasteiger partial charge is 0.303 e. The van der Waals surface area contributed by atoms with Crippen LogP contribution in [0.25, 0.3) is 0 Å². The summed E-state index contributed by atoms with van der Waals surface area (Å²) in [6.07, 6.45) is 3.92. The van der Waals surface area contributed by atoms with Crippen LogP contribution in [-0.4, -0.2) is 31.3 Å². The Morgan fingerprint density at radius 2 is 2.06 bits per heavy atom. The maximum absolute atomic E-state index is 11.0. The monoisotopic (exact) mass is 533 g/mol. The van der Waals surface area contributed by atoms with E-state index >= 15 is 0 Å². The second-order valence-corrected chi connectivity index (χ2v) is 11.5. The van der Waals surface area contributed by atoms with Crippen LogP contribution in [0.15, 0.2) is 47.5 Å². The number of fused-ring (bicyclic) bond motifs is 1. The fraction of sp³-hybridized carbons (Fsp3) is 0.400. The van der Waals surface area contributed by atoms with E-state index in [1.54, 1.807) is 0 Å². The molecule has 0 radical (unpaired) electrons. The van der Waals surface area contributed by atoms with Gasteiger partial charge in [0, 0.05) is 12.0 Å². The normalized spacial score (nSPS) is 20.1. The van der Waals surface area contributed by atoms with Crippen molar-refractivity contribution in [3.05, 3.63) is 64.7 Å². The van der Waals surface area contributed by atoms with E-state index in [-0.39, 0.29) is 37.1 Å². The quantitative estimate of drug-likeness (QED) is 0.279. The predicted octanol–water partition coefficient (Wildman–Crippen LogP) is 5.45. The standard InChI is InChI=1S/C25H28INO4/c1-3-17-4-6-18(7-5-17)25-27-23(26-16(2)31-25)12-13-30-21-10-11-22-19(14-21)8-9-20(22)15-24(28)29/h4-7,10-11,14,20,23H,3,8-9,12-13,15H2,1-2H3,(H,28,29)/t20-,23?/m1/s1. The van der Waals surface area contributed by atoms with Crippen molar-refractivity contribution in [1.82, 2.24) is 0 Å². The molecular formula is C25H28INO4. The first kappa shape index (κ1) is 22.0. The van der Waals surface area contributed by atoms with E-state index in [0.29, 0.717) is 6.61 Å². The van der Waals surface area contributed by atoms with E-state index in [1.807, 2.05) is 12.1 Å². The third-order valence-corrected chi connectivity index (χ3v) is 8.46. The molecule has 1 heterocycles. The third-order valence-electron chi connectivity index (χ3n) is 5.75. The molecule has 6 heteroatoms. The van der Waals surface area contributed by atoms with E-state index in [2.05, 4.69) is 44.2 Å². The largest absolute Gasteiger partial charge is 0.493 e. The summed E-state index contributed by atoms with van der Waals surface area (Å²) >= 11 is -0.274. The molecule has 1 N–H and O–H groups in total. The lowest BCUT2D eigenvalue weighted by Crippen LogP contribution is -2.19. The number of carboxylic acids is 1. The summed E-state index contributed by atoms with van der Waals surface area (Å²) in [6, 6.07) is 14.5. The Kier molecular flexibility index (Phi) is 7.05. The van der Waals surface area contributed by atoms with Crippen molar-refractivity contribution in [2.24, 2.45) is 4.99 Å². The van der Waals surface area contributed by atoms with Gasteiger partial charge in [-0.2, -0.15) is 0 Å². The summed E-state index contributed by atoms with van der Waals surface area (Å²) in [7, 11) is 0. The molecule has 0 fully saturated rings. The van der Waals surface area contributed by atoms with Gasteiger partial charge >= 0.3 is 5.97 Å². The van der Waals surface area contributed by atoms with Gasteiger partial charge in [0.05, 0.1) is 13.0 Å². The van der Waals surface area contributed by atoms with Gasteiger partial charge in [0.25, 0.3) is 0 Å². The molecule has 4 rings (SSSR count). The van der Waals surface area contributed by atoms with Crippen LogP contribution in [0.5, 0.6) is 5.75 Å². The predicted molar refractivity (Wildman–Crippen MR) is 132 cm³/mol. The van der Waals surface area contributed by atoms with Crippen molar-refractivity contribution < 1.29 is 19.4 Å². The number of hydrogen-bond acceptors (Lipinski definition) is 4. The number of aliphatic carboxylic acids is 1. The highest BCUT2D eigenvalue weighted by Gasteiger charge is 2.25. The van der Waals surface area contributed by atoms with Crippen LogP contribution in [0.3, 0.4) is 0 Å². The molecule has 5 nitrogen and oxygen atoms in total. The minimum Gasteiger partial charge on any atom is -0.493 e. The van der Waals surface area contributed by atoms with Gasteiger partial charge in [-0.15, -0.1) is 0 Å². The lowest BCUT2D eigenvalue weighted by molar-refractivity contribution is -0.137. The molecule has 0 saturated carbocycles. The molecule has 2 aromatic carbocycles. The molecule has 0 amide bonds.